The lowest BCUT2D eigenvalue weighted by Crippen LogP contribution is -2.91. The number of para-hydroxylation sites is 1. The number of hydrogen-bond donors (Lipinski definition) is 2. The molecule has 3 N–H and O–H groups in total. The van der Waals surface area contributed by atoms with Gasteiger partial charge in [-0.15, -0.1) is 0 Å². The molecule has 0 fully saturated rings. The summed E-state index contributed by atoms with van der Waals surface area (Å²) in [7, 11) is -3.50. The van der Waals surface area contributed by atoms with E-state index >= 15 is 0 Å². The third-order valence-electron chi connectivity index (χ3n) is 4.87. The Kier molecular flexibility index (Phi) is 7.89. The van der Waals surface area contributed by atoms with Crippen molar-refractivity contribution < 1.29 is 22.9 Å². The van der Waals surface area contributed by atoms with Gasteiger partial charge in [-0.1, -0.05) is 38.1 Å². The Morgan fingerprint density at radius 2 is 1.66 bits per heavy atom. The van der Waals surface area contributed by atoms with E-state index in [2.05, 4.69) is 5.32 Å². The zero-order valence-electron chi connectivity index (χ0n) is 17.2. The second-order valence-electron chi connectivity index (χ2n) is 6.90. The maximum atomic E-state index is 13.7. The Morgan fingerprint density at radius 3 is 2.21 bits per heavy atom. The first kappa shape index (κ1) is 23.0. The van der Waals surface area contributed by atoms with Gasteiger partial charge in [-0.3, -0.25) is 4.79 Å². The number of sulfonamides is 1. The van der Waals surface area contributed by atoms with Crippen molar-refractivity contribution in [1.29, 1.82) is 0 Å². The summed E-state index contributed by atoms with van der Waals surface area (Å²) in [5.74, 6) is -0.784. The molecule has 2 aromatic carbocycles. The predicted molar refractivity (Wildman–Crippen MR) is 111 cm³/mol. The Labute approximate surface area is 172 Å². The van der Waals surface area contributed by atoms with Gasteiger partial charge in [0.05, 0.1) is 10.6 Å². The van der Waals surface area contributed by atoms with Crippen molar-refractivity contribution in [2.75, 3.05) is 18.4 Å². The first-order valence-electron chi connectivity index (χ1n) is 9.71. The van der Waals surface area contributed by atoms with Crippen LogP contribution in [0.2, 0.25) is 0 Å². The number of nitrogens with two attached hydrogens (primary N) is 1. The number of quaternary nitrogens is 1. The summed E-state index contributed by atoms with van der Waals surface area (Å²) >= 11 is 0. The van der Waals surface area contributed by atoms with E-state index in [1.54, 1.807) is 57.2 Å². The van der Waals surface area contributed by atoms with E-state index in [1.165, 1.54) is 16.4 Å². The molecule has 0 heterocycles. The van der Waals surface area contributed by atoms with E-state index in [0.717, 1.165) is 5.56 Å². The van der Waals surface area contributed by atoms with E-state index in [-0.39, 0.29) is 22.5 Å². The summed E-state index contributed by atoms with van der Waals surface area (Å²) in [4.78, 5) is 12.6. The van der Waals surface area contributed by atoms with Crippen LogP contribution < -0.4 is 10.6 Å². The van der Waals surface area contributed by atoms with Crippen molar-refractivity contribution in [3.05, 3.63) is 59.9 Å². The summed E-state index contributed by atoms with van der Waals surface area (Å²) in [5.41, 5.74) is 1.05. The highest BCUT2D eigenvalue weighted by Crippen LogP contribution is 2.18. The molecule has 2 atom stereocenters. The highest BCUT2D eigenvalue weighted by atomic mass is 32.2. The molecular formula is C21H29FN3O3S+. The summed E-state index contributed by atoms with van der Waals surface area (Å²) in [6.45, 7) is 8.12. The Morgan fingerprint density at radius 1 is 1.07 bits per heavy atom. The van der Waals surface area contributed by atoms with Gasteiger partial charge in [-0.2, -0.15) is 4.31 Å². The van der Waals surface area contributed by atoms with E-state index in [0.29, 0.717) is 13.1 Å². The Bertz CT molecular complexity index is 928. The fraction of sp³-hybridized carbons (Fsp3) is 0.381. The van der Waals surface area contributed by atoms with Gasteiger partial charge in [0, 0.05) is 18.7 Å². The molecule has 158 valence electrons. The number of nitrogens with one attached hydrogen (secondary N) is 1. The minimum Gasteiger partial charge on any atom is -0.330 e. The van der Waals surface area contributed by atoms with Gasteiger partial charge in [0.2, 0.25) is 10.0 Å². The van der Waals surface area contributed by atoms with Gasteiger partial charge in [0.1, 0.15) is 11.9 Å². The fourth-order valence-corrected chi connectivity index (χ4v) is 4.55. The lowest BCUT2D eigenvalue weighted by atomic mass is 10.1. The van der Waals surface area contributed by atoms with Crippen LogP contribution in [0.5, 0.6) is 0 Å². The number of anilines is 1. The molecule has 0 unspecified atom stereocenters. The SMILES string of the molecule is CCN(CC)S(=O)(=O)c1ccc([C@@H](C)[NH2+][C@H](C)C(=O)Nc2ccccc2F)cc1. The van der Waals surface area contributed by atoms with Crippen molar-refractivity contribution in [2.24, 2.45) is 0 Å². The molecule has 0 saturated heterocycles. The van der Waals surface area contributed by atoms with Crippen LogP contribution in [0.4, 0.5) is 10.1 Å². The number of benzene rings is 2. The van der Waals surface area contributed by atoms with Crippen LogP contribution in [0.15, 0.2) is 53.4 Å². The van der Waals surface area contributed by atoms with E-state index in [4.69, 9.17) is 0 Å². The van der Waals surface area contributed by atoms with Crippen molar-refractivity contribution in [3.63, 3.8) is 0 Å². The van der Waals surface area contributed by atoms with Crippen LogP contribution in [-0.2, 0) is 14.8 Å². The fourth-order valence-electron chi connectivity index (χ4n) is 3.10. The third-order valence-corrected chi connectivity index (χ3v) is 6.94. The molecule has 0 aliphatic rings. The lowest BCUT2D eigenvalue weighted by molar-refractivity contribution is -0.709. The summed E-state index contributed by atoms with van der Waals surface area (Å²) in [6, 6.07) is 12.2. The molecule has 29 heavy (non-hydrogen) atoms. The molecule has 0 aromatic heterocycles. The zero-order valence-corrected chi connectivity index (χ0v) is 18.0. The first-order chi connectivity index (χ1) is 13.7. The smallest absolute Gasteiger partial charge is 0.282 e. The van der Waals surface area contributed by atoms with E-state index in [9.17, 15) is 17.6 Å². The van der Waals surface area contributed by atoms with Crippen LogP contribution in [0.25, 0.3) is 0 Å². The maximum absolute atomic E-state index is 13.7. The summed E-state index contributed by atoms with van der Waals surface area (Å²) in [5, 5.41) is 4.44. The quantitative estimate of drug-likeness (QED) is 0.651. The zero-order chi connectivity index (χ0) is 21.6. The molecule has 2 aromatic rings. The predicted octanol–water partition coefficient (Wildman–Crippen LogP) is 2.51. The third kappa shape index (κ3) is 5.62. The van der Waals surface area contributed by atoms with Gasteiger partial charge in [-0.25, -0.2) is 12.8 Å². The molecule has 0 bridgehead atoms. The standard InChI is InChI=1S/C21H28FN3O3S/c1-5-25(6-2)29(27,28)18-13-11-17(12-14-18)15(3)23-16(4)21(26)24-20-10-8-7-9-19(20)22/h7-16,23H,5-6H2,1-4H3,(H,24,26)/p+1/t15-,16-/m1/s1. The molecule has 0 radical (unpaired) electrons. The molecule has 0 aliphatic heterocycles. The molecule has 1 amide bonds. The molecular weight excluding hydrogens is 393 g/mol. The molecule has 6 nitrogen and oxygen atoms in total. The number of hydrogen-bond acceptors (Lipinski definition) is 3. The highest BCUT2D eigenvalue weighted by Gasteiger charge is 2.24. The van der Waals surface area contributed by atoms with Crippen molar-refractivity contribution in [2.45, 2.75) is 44.7 Å². The van der Waals surface area contributed by atoms with Crippen LogP contribution in [0.1, 0.15) is 39.3 Å². The van der Waals surface area contributed by atoms with E-state index in [1.807, 2.05) is 12.2 Å². The second-order valence-corrected chi connectivity index (χ2v) is 8.84. The normalized spacial score (nSPS) is 13.9. The first-order valence-corrected chi connectivity index (χ1v) is 11.1. The molecule has 0 spiro atoms. The lowest BCUT2D eigenvalue weighted by Gasteiger charge is -2.20. The van der Waals surface area contributed by atoms with Gasteiger partial charge < -0.3 is 10.6 Å². The topological polar surface area (TPSA) is 83.1 Å². The Hall–Kier alpha value is -2.29. The number of rotatable bonds is 9. The van der Waals surface area contributed by atoms with Gasteiger partial charge in [0.25, 0.3) is 5.91 Å². The largest absolute Gasteiger partial charge is 0.330 e. The van der Waals surface area contributed by atoms with Crippen LogP contribution in [0.3, 0.4) is 0 Å². The highest BCUT2D eigenvalue weighted by molar-refractivity contribution is 7.89. The monoisotopic (exact) mass is 422 g/mol. The van der Waals surface area contributed by atoms with Gasteiger partial charge in [-0.05, 0) is 38.1 Å². The minimum absolute atomic E-state index is 0.0819. The average Bonchev–Trinajstić information content (AvgIpc) is 2.70. The van der Waals surface area contributed by atoms with Crippen LogP contribution in [-0.4, -0.2) is 37.8 Å². The van der Waals surface area contributed by atoms with Crippen LogP contribution in [0, 0.1) is 5.82 Å². The summed E-state index contributed by atoms with van der Waals surface area (Å²) in [6.07, 6.45) is 0. The van der Waals surface area contributed by atoms with Crippen molar-refractivity contribution in [3.8, 4) is 0 Å². The van der Waals surface area contributed by atoms with Crippen molar-refractivity contribution >= 4 is 21.6 Å². The Balaban J connectivity index is 2.04. The molecule has 0 saturated carbocycles. The van der Waals surface area contributed by atoms with Crippen LogP contribution >= 0.6 is 0 Å². The number of nitrogens with zero attached hydrogens (tertiary/aromatic N) is 1. The van der Waals surface area contributed by atoms with Gasteiger partial charge >= 0.3 is 0 Å². The second kappa shape index (κ2) is 9.96. The maximum Gasteiger partial charge on any atom is 0.282 e. The number of carbonyl (C=O) groups excluding carboxylic acids is 1. The van der Waals surface area contributed by atoms with E-state index < -0.39 is 21.9 Å². The molecule has 0 aliphatic carbocycles. The van der Waals surface area contributed by atoms with Crippen molar-refractivity contribution in [1.82, 2.24) is 4.31 Å². The number of carbonyl (C=O) groups is 1. The number of amides is 1. The molecule has 8 heteroatoms. The average molecular weight is 423 g/mol. The number of halogens is 1. The van der Waals surface area contributed by atoms with Gasteiger partial charge in [0.15, 0.2) is 6.04 Å². The summed E-state index contributed by atoms with van der Waals surface area (Å²) < 4.78 is 40.3. The minimum atomic E-state index is -3.50. The molecule has 2 rings (SSSR count).